The standard InChI is InChI=1S/C17H15BrO4/c1-11(2)16(19)21-14-7-4-8-15(10-14)22-17(20)12-5-3-6-13(18)9-12/h3-11H,1-2H3. The molecule has 0 aliphatic rings. The van der Waals surface area contributed by atoms with E-state index in [4.69, 9.17) is 9.47 Å². The van der Waals surface area contributed by atoms with E-state index in [1.165, 1.54) is 6.07 Å². The van der Waals surface area contributed by atoms with Crippen LogP contribution in [0.25, 0.3) is 0 Å². The smallest absolute Gasteiger partial charge is 0.343 e. The lowest BCUT2D eigenvalue weighted by Gasteiger charge is -2.09. The highest BCUT2D eigenvalue weighted by Gasteiger charge is 2.12. The van der Waals surface area contributed by atoms with Crippen molar-refractivity contribution < 1.29 is 19.1 Å². The topological polar surface area (TPSA) is 52.6 Å². The van der Waals surface area contributed by atoms with E-state index in [0.29, 0.717) is 17.1 Å². The molecule has 114 valence electrons. The van der Waals surface area contributed by atoms with Crippen molar-refractivity contribution in [1.82, 2.24) is 0 Å². The minimum Gasteiger partial charge on any atom is -0.426 e. The van der Waals surface area contributed by atoms with Crippen LogP contribution in [0.5, 0.6) is 11.5 Å². The van der Waals surface area contributed by atoms with Crippen molar-refractivity contribution >= 4 is 27.9 Å². The van der Waals surface area contributed by atoms with Gasteiger partial charge in [-0.15, -0.1) is 0 Å². The number of rotatable bonds is 4. The minimum atomic E-state index is -0.478. The van der Waals surface area contributed by atoms with Gasteiger partial charge >= 0.3 is 11.9 Å². The molecule has 0 amide bonds. The first kappa shape index (κ1) is 16.2. The van der Waals surface area contributed by atoms with Crippen LogP contribution in [-0.4, -0.2) is 11.9 Å². The summed E-state index contributed by atoms with van der Waals surface area (Å²) in [6, 6.07) is 13.3. The van der Waals surface area contributed by atoms with E-state index in [0.717, 1.165) is 4.47 Å². The lowest BCUT2D eigenvalue weighted by molar-refractivity contribution is -0.137. The van der Waals surface area contributed by atoms with Gasteiger partial charge in [-0.2, -0.15) is 0 Å². The Bertz CT molecular complexity index is 695. The van der Waals surface area contributed by atoms with E-state index in [9.17, 15) is 9.59 Å². The molecular weight excluding hydrogens is 348 g/mol. The van der Waals surface area contributed by atoms with Crippen LogP contribution in [0.15, 0.2) is 53.0 Å². The molecule has 22 heavy (non-hydrogen) atoms. The molecule has 2 rings (SSSR count). The summed E-state index contributed by atoms with van der Waals surface area (Å²) in [5, 5.41) is 0. The summed E-state index contributed by atoms with van der Waals surface area (Å²) in [6.45, 7) is 3.50. The van der Waals surface area contributed by atoms with Crippen LogP contribution in [0.2, 0.25) is 0 Å². The van der Waals surface area contributed by atoms with E-state index >= 15 is 0 Å². The van der Waals surface area contributed by atoms with E-state index in [-0.39, 0.29) is 11.9 Å². The van der Waals surface area contributed by atoms with Gasteiger partial charge in [0.05, 0.1) is 11.5 Å². The molecule has 2 aromatic rings. The second-order valence-electron chi connectivity index (χ2n) is 4.95. The molecule has 0 saturated heterocycles. The van der Waals surface area contributed by atoms with Gasteiger partial charge in [0.2, 0.25) is 0 Å². The fourth-order valence-corrected chi connectivity index (χ4v) is 2.02. The zero-order valence-electron chi connectivity index (χ0n) is 12.2. The molecule has 0 aliphatic heterocycles. The molecule has 0 spiro atoms. The molecule has 0 unspecified atom stereocenters. The number of esters is 2. The van der Waals surface area contributed by atoms with Gasteiger partial charge in [0.25, 0.3) is 0 Å². The third kappa shape index (κ3) is 4.43. The number of carbonyl (C=O) groups is 2. The fourth-order valence-electron chi connectivity index (χ4n) is 1.62. The van der Waals surface area contributed by atoms with Crippen molar-refractivity contribution in [2.24, 2.45) is 5.92 Å². The SMILES string of the molecule is CC(C)C(=O)Oc1cccc(OC(=O)c2cccc(Br)c2)c1. The largest absolute Gasteiger partial charge is 0.426 e. The second kappa shape index (κ2) is 7.22. The average molecular weight is 363 g/mol. The quantitative estimate of drug-likeness (QED) is 0.603. The molecule has 0 heterocycles. The number of benzene rings is 2. The van der Waals surface area contributed by atoms with Crippen molar-refractivity contribution in [1.29, 1.82) is 0 Å². The predicted molar refractivity (Wildman–Crippen MR) is 86.0 cm³/mol. The van der Waals surface area contributed by atoms with Crippen molar-refractivity contribution in [2.75, 3.05) is 0 Å². The molecule has 0 aromatic heterocycles. The highest BCUT2D eigenvalue weighted by Crippen LogP contribution is 2.22. The van der Waals surface area contributed by atoms with Crippen molar-refractivity contribution in [3.05, 3.63) is 58.6 Å². The number of halogens is 1. The lowest BCUT2D eigenvalue weighted by Crippen LogP contribution is -2.15. The third-order valence-corrected chi connectivity index (χ3v) is 3.26. The Balaban J connectivity index is 2.10. The van der Waals surface area contributed by atoms with Crippen LogP contribution in [-0.2, 0) is 4.79 Å². The lowest BCUT2D eigenvalue weighted by atomic mass is 10.2. The fraction of sp³-hybridized carbons (Fsp3) is 0.176. The Kier molecular flexibility index (Phi) is 5.33. The van der Waals surface area contributed by atoms with Crippen LogP contribution in [0.4, 0.5) is 0 Å². The van der Waals surface area contributed by atoms with Gasteiger partial charge in [0.1, 0.15) is 11.5 Å². The minimum absolute atomic E-state index is 0.229. The molecule has 0 fully saturated rings. The van der Waals surface area contributed by atoms with Gasteiger partial charge in [0, 0.05) is 10.5 Å². The van der Waals surface area contributed by atoms with Crippen LogP contribution in [0.3, 0.4) is 0 Å². The van der Waals surface area contributed by atoms with Crippen molar-refractivity contribution in [2.45, 2.75) is 13.8 Å². The summed E-state index contributed by atoms with van der Waals surface area (Å²) in [4.78, 5) is 23.6. The maximum absolute atomic E-state index is 12.1. The number of carbonyl (C=O) groups excluding carboxylic acids is 2. The van der Waals surface area contributed by atoms with E-state index in [1.807, 2.05) is 6.07 Å². The maximum atomic E-state index is 12.1. The summed E-state index contributed by atoms with van der Waals surface area (Å²) in [6.07, 6.45) is 0. The number of hydrogen-bond donors (Lipinski definition) is 0. The molecule has 0 N–H and O–H groups in total. The second-order valence-corrected chi connectivity index (χ2v) is 5.87. The molecule has 0 aliphatic carbocycles. The molecule has 5 heteroatoms. The van der Waals surface area contributed by atoms with Gasteiger partial charge in [-0.05, 0) is 30.3 Å². The zero-order chi connectivity index (χ0) is 16.1. The summed E-state index contributed by atoms with van der Waals surface area (Å²) in [5.41, 5.74) is 0.430. The molecule has 0 atom stereocenters. The van der Waals surface area contributed by atoms with Crippen molar-refractivity contribution in [3.8, 4) is 11.5 Å². The average Bonchev–Trinajstić information content (AvgIpc) is 2.47. The van der Waals surface area contributed by atoms with Gasteiger partial charge in [0.15, 0.2) is 0 Å². The Morgan fingerprint density at radius 2 is 1.59 bits per heavy atom. The van der Waals surface area contributed by atoms with E-state index in [1.54, 1.807) is 50.2 Å². The summed E-state index contributed by atoms with van der Waals surface area (Å²) < 4.78 is 11.3. The number of ether oxygens (including phenoxy) is 2. The highest BCUT2D eigenvalue weighted by molar-refractivity contribution is 9.10. The summed E-state index contributed by atoms with van der Waals surface area (Å²) >= 11 is 3.30. The molecule has 2 aromatic carbocycles. The van der Waals surface area contributed by atoms with Crippen LogP contribution in [0, 0.1) is 5.92 Å². The number of hydrogen-bond acceptors (Lipinski definition) is 4. The normalized spacial score (nSPS) is 10.4. The Morgan fingerprint density at radius 1 is 0.955 bits per heavy atom. The first-order valence-corrected chi connectivity index (χ1v) is 7.54. The van der Waals surface area contributed by atoms with Gasteiger partial charge in [-0.25, -0.2) is 4.79 Å². The molecule has 0 saturated carbocycles. The molecule has 0 bridgehead atoms. The van der Waals surface area contributed by atoms with Crippen LogP contribution in [0.1, 0.15) is 24.2 Å². The first-order chi connectivity index (χ1) is 10.5. The summed E-state index contributed by atoms with van der Waals surface area (Å²) in [5.74, 6) is -0.380. The molecular formula is C17H15BrO4. The predicted octanol–water partition coefficient (Wildman–Crippen LogP) is 4.23. The van der Waals surface area contributed by atoms with Gasteiger partial charge < -0.3 is 9.47 Å². The first-order valence-electron chi connectivity index (χ1n) is 6.75. The van der Waals surface area contributed by atoms with Gasteiger partial charge in [-0.3, -0.25) is 4.79 Å². The van der Waals surface area contributed by atoms with Crippen LogP contribution >= 0.6 is 15.9 Å². The van der Waals surface area contributed by atoms with E-state index in [2.05, 4.69) is 15.9 Å². The maximum Gasteiger partial charge on any atom is 0.343 e. The van der Waals surface area contributed by atoms with Gasteiger partial charge in [-0.1, -0.05) is 41.9 Å². The third-order valence-electron chi connectivity index (χ3n) is 2.77. The zero-order valence-corrected chi connectivity index (χ0v) is 13.8. The molecule has 4 nitrogen and oxygen atoms in total. The van der Waals surface area contributed by atoms with Crippen LogP contribution < -0.4 is 9.47 Å². The Hall–Kier alpha value is -2.14. The monoisotopic (exact) mass is 362 g/mol. The highest BCUT2D eigenvalue weighted by atomic mass is 79.9. The Morgan fingerprint density at radius 3 is 2.23 bits per heavy atom. The molecule has 0 radical (unpaired) electrons. The van der Waals surface area contributed by atoms with E-state index < -0.39 is 5.97 Å². The summed E-state index contributed by atoms with van der Waals surface area (Å²) in [7, 11) is 0. The Labute approximate surface area is 137 Å². The van der Waals surface area contributed by atoms with Crippen molar-refractivity contribution in [3.63, 3.8) is 0 Å².